The number of rotatable bonds is 5. The zero-order valence-electron chi connectivity index (χ0n) is 9.78. The minimum atomic E-state index is -3.74. The van der Waals surface area contributed by atoms with Crippen molar-refractivity contribution in [2.75, 3.05) is 0 Å². The second-order valence-corrected chi connectivity index (χ2v) is 5.49. The Bertz CT molecular complexity index is 508. The van der Waals surface area contributed by atoms with Gasteiger partial charge >= 0.3 is 5.97 Å². The van der Waals surface area contributed by atoms with Gasteiger partial charge < -0.3 is 5.11 Å². The van der Waals surface area contributed by atoms with E-state index in [9.17, 15) is 13.2 Å². The van der Waals surface area contributed by atoms with Gasteiger partial charge in [-0.15, -0.1) is 0 Å². The molecular formula is C9H15N3O4S. The first-order chi connectivity index (χ1) is 7.75. The molecule has 1 rings (SSSR count). The quantitative estimate of drug-likeness (QED) is 0.764. The van der Waals surface area contributed by atoms with Crippen molar-refractivity contribution in [3.63, 3.8) is 0 Å². The molecule has 0 aliphatic carbocycles. The molecule has 0 spiro atoms. The van der Waals surface area contributed by atoms with Crippen LogP contribution in [0, 0.1) is 5.92 Å². The number of hydrogen-bond acceptors (Lipinski definition) is 4. The van der Waals surface area contributed by atoms with Gasteiger partial charge in [0.05, 0.1) is 12.1 Å². The maximum absolute atomic E-state index is 11.9. The van der Waals surface area contributed by atoms with Crippen LogP contribution in [0.2, 0.25) is 0 Å². The van der Waals surface area contributed by atoms with E-state index in [0.29, 0.717) is 0 Å². The molecule has 0 amide bonds. The van der Waals surface area contributed by atoms with E-state index in [-0.39, 0.29) is 5.03 Å². The fourth-order valence-corrected chi connectivity index (χ4v) is 2.70. The smallest absolute Gasteiger partial charge is 0.307 e. The first-order valence-electron chi connectivity index (χ1n) is 4.99. The fraction of sp³-hybridized carbons (Fsp3) is 0.556. The number of carboxylic acids is 1. The second-order valence-electron chi connectivity index (χ2n) is 3.83. The van der Waals surface area contributed by atoms with Gasteiger partial charge in [-0.25, -0.2) is 13.1 Å². The molecule has 0 saturated carbocycles. The van der Waals surface area contributed by atoms with Crippen molar-refractivity contribution in [3.8, 4) is 0 Å². The first-order valence-corrected chi connectivity index (χ1v) is 6.47. The van der Waals surface area contributed by atoms with E-state index >= 15 is 0 Å². The Kier molecular flexibility index (Phi) is 3.89. The Morgan fingerprint density at radius 1 is 1.53 bits per heavy atom. The number of aliphatic carboxylic acids is 1. The normalized spacial score (nSPS) is 15.5. The predicted octanol–water partition coefficient (Wildman–Crippen LogP) is -0.192. The average Bonchev–Trinajstić information content (AvgIpc) is 2.63. The van der Waals surface area contributed by atoms with Crippen molar-refractivity contribution in [2.24, 2.45) is 13.0 Å². The maximum Gasteiger partial charge on any atom is 0.307 e. The molecule has 0 aliphatic rings. The number of nitrogens with zero attached hydrogens (tertiary/aromatic N) is 2. The summed E-state index contributed by atoms with van der Waals surface area (Å²) in [5.74, 6) is -1.86. The van der Waals surface area contributed by atoms with E-state index in [1.54, 1.807) is 0 Å². The summed E-state index contributed by atoms with van der Waals surface area (Å²) < 4.78 is 27.3. The highest BCUT2D eigenvalue weighted by Gasteiger charge is 2.26. The van der Waals surface area contributed by atoms with Gasteiger partial charge in [0.1, 0.15) is 0 Å². The molecule has 0 aromatic carbocycles. The third-order valence-electron chi connectivity index (χ3n) is 2.53. The van der Waals surface area contributed by atoms with Crippen molar-refractivity contribution >= 4 is 16.0 Å². The van der Waals surface area contributed by atoms with Crippen LogP contribution in [-0.2, 0) is 21.9 Å². The summed E-state index contributed by atoms with van der Waals surface area (Å²) in [4.78, 5) is 10.7. The molecular weight excluding hydrogens is 246 g/mol. The summed E-state index contributed by atoms with van der Waals surface area (Å²) in [7, 11) is -2.24. The van der Waals surface area contributed by atoms with E-state index in [2.05, 4.69) is 9.82 Å². The molecule has 1 aromatic heterocycles. The van der Waals surface area contributed by atoms with Crippen molar-refractivity contribution in [1.29, 1.82) is 0 Å². The summed E-state index contributed by atoms with van der Waals surface area (Å²) in [6.45, 7) is 2.95. The van der Waals surface area contributed by atoms with Crippen LogP contribution in [0.1, 0.15) is 13.8 Å². The lowest BCUT2D eigenvalue weighted by molar-refractivity contribution is -0.141. The second kappa shape index (κ2) is 4.84. The Balaban J connectivity index is 2.89. The predicted molar refractivity (Wildman–Crippen MR) is 59.8 cm³/mol. The van der Waals surface area contributed by atoms with Gasteiger partial charge in [0.25, 0.3) is 10.0 Å². The molecule has 0 saturated heterocycles. The summed E-state index contributed by atoms with van der Waals surface area (Å²) in [5, 5.41) is 12.5. The maximum atomic E-state index is 11.9. The van der Waals surface area contributed by atoms with Crippen molar-refractivity contribution < 1.29 is 18.3 Å². The molecule has 2 atom stereocenters. The zero-order chi connectivity index (χ0) is 13.2. The number of carbonyl (C=O) groups is 1. The molecule has 96 valence electrons. The zero-order valence-corrected chi connectivity index (χ0v) is 10.6. The molecule has 2 N–H and O–H groups in total. The summed E-state index contributed by atoms with van der Waals surface area (Å²) in [5.41, 5.74) is 0. The minimum Gasteiger partial charge on any atom is -0.481 e. The van der Waals surface area contributed by atoms with Crippen LogP contribution in [0.5, 0.6) is 0 Å². The molecule has 8 heteroatoms. The molecule has 0 radical (unpaired) electrons. The minimum absolute atomic E-state index is 0.00180. The molecule has 1 aromatic rings. The van der Waals surface area contributed by atoms with Crippen LogP contribution in [0.4, 0.5) is 0 Å². The van der Waals surface area contributed by atoms with Crippen LogP contribution < -0.4 is 4.72 Å². The lowest BCUT2D eigenvalue weighted by Crippen LogP contribution is -2.40. The number of nitrogens with one attached hydrogen (secondary N) is 1. The Morgan fingerprint density at radius 2 is 2.12 bits per heavy atom. The van der Waals surface area contributed by atoms with Crippen molar-refractivity contribution in [1.82, 2.24) is 14.5 Å². The van der Waals surface area contributed by atoms with Gasteiger partial charge in [-0.1, -0.05) is 6.92 Å². The summed E-state index contributed by atoms with van der Waals surface area (Å²) >= 11 is 0. The summed E-state index contributed by atoms with van der Waals surface area (Å²) in [6.07, 6.45) is 1.36. The molecule has 1 heterocycles. The number of aryl methyl sites for hydroxylation is 1. The fourth-order valence-electron chi connectivity index (χ4n) is 1.25. The number of aromatic nitrogens is 2. The van der Waals surface area contributed by atoms with Crippen LogP contribution in [-0.4, -0.2) is 35.3 Å². The van der Waals surface area contributed by atoms with Crippen LogP contribution in [0.15, 0.2) is 17.3 Å². The van der Waals surface area contributed by atoms with Gasteiger partial charge in [0.15, 0.2) is 5.03 Å². The first kappa shape index (κ1) is 13.7. The highest BCUT2D eigenvalue weighted by molar-refractivity contribution is 7.89. The molecule has 0 aliphatic heterocycles. The Labute approximate surface area is 99.5 Å². The molecule has 7 nitrogen and oxygen atoms in total. The SMILES string of the molecule is CC(NS(=O)(=O)c1ccnn1C)C(C)C(=O)O. The summed E-state index contributed by atoms with van der Waals surface area (Å²) in [6, 6.07) is 0.646. The molecule has 17 heavy (non-hydrogen) atoms. The molecule has 0 bridgehead atoms. The molecule has 0 fully saturated rings. The number of carboxylic acid groups (broad SMARTS) is 1. The monoisotopic (exact) mass is 261 g/mol. The van der Waals surface area contributed by atoms with E-state index < -0.39 is 28.0 Å². The van der Waals surface area contributed by atoms with Crippen molar-refractivity contribution in [2.45, 2.75) is 24.9 Å². The van der Waals surface area contributed by atoms with Gasteiger partial charge in [-0.3, -0.25) is 9.48 Å². The van der Waals surface area contributed by atoms with Crippen LogP contribution >= 0.6 is 0 Å². The standard InChI is InChI=1S/C9H15N3O4S/c1-6(9(13)14)7(2)11-17(15,16)8-4-5-10-12(8)3/h4-7,11H,1-3H3,(H,13,14). The van der Waals surface area contributed by atoms with Crippen molar-refractivity contribution in [3.05, 3.63) is 12.3 Å². The largest absolute Gasteiger partial charge is 0.481 e. The van der Waals surface area contributed by atoms with Crippen LogP contribution in [0.25, 0.3) is 0 Å². The van der Waals surface area contributed by atoms with E-state index in [1.807, 2.05) is 0 Å². The number of sulfonamides is 1. The van der Waals surface area contributed by atoms with Crippen LogP contribution in [0.3, 0.4) is 0 Å². The highest BCUT2D eigenvalue weighted by atomic mass is 32.2. The van der Waals surface area contributed by atoms with Gasteiger partial charge in [0, 0.05) is 13.1 Å². The third kappa shape index (κ3) is 3.04. The topological polar surface area (TPSA) is 101 Å². The highest BCUT2D eigenvalue weighted by Crippen LogP contribution is 2.10. The average molecular weight is 261 g/mol. The third-order valence-corrected chi connectivity index (χ3v) is 4.16. The van der Waals surface area contributed by atoms with Gasteiger partial charge in [-0.05, 0) is 13.0 Å². The van der Waals surface area contributed by atoms with Gasteiger partial charge in [0.2, 0.25) is 0 Å². The Hall–Kier alpha value is -1.41. The lowest BCUT2D eigenvalue weighted by Gasteiger charge is -2.17. The van der Waals surface area contributed by atoms with E-state index in [4.69, 9.17) is 5.11 Å². The van der Waals surface area contributed by atoms with Gasteiger partial charge in [-0.2, -0.15) is 5.10 Å². The lowest BCUT2D eigenvalue weighted by atomic mass is 10.1. The number of hydrogen-bond donors (Lipinski definition) is 2. The Morgan fingerprint density at radius 3 is 2.53 bits per heavy atom. The van der Waals surface area contributed by atoms with E-state index in [0.717, 1.165) is 0 Å². The molecule has 2 unspecified atom stereocenters. The van der Waals surface area contributed by atoms with E-state index in [1.165, 1.54) is 37.8 Å².